The Morgan fingerprint density at radius 3 is 2.58 bits per heavy atom. The Bertz CT molecular complexity index is 815. The molecule has 1 atom stereocenters. The maximum absolute atomic E-state index is 13.4. The number of hydrogen-bond acceptors (Lipinski definition) is 3. The molecule has 26 heavy (non-hydrogen) atoms. The Hall–Kier alpha value is -2.24. The molecule has 1 saturated carbocycles. The molecule has 2 aromatic rings. The zero-order chi connectivity index (χ0) is 18.3. The van der Waals surface area contributed by atoms with Gasteiger partial charge in [-0.15, -0.1) is 0 Å². The molecule has 0 bridgehead atoms. The molecule has 5 heteroatoms. The van der Waals surface area contributed by atoms with E-state index in [4.69, 9.17) is 5.73 Å². The van der Waals surface area contributed by atoms with Crippen LogP contribution in [0.25, 0.3) is 0 Å². The first-order chi connectivity index (χ1) is 12.5. The predicted molar refractivity (Wildman–Crippen MR) is 96.8 cm³/mol. The van der Waals surface area contributed by atoms with Gasteiger partial charge in [0.1, 0.15) is 5.82 Å². The number of rotatable bonds is 3. The molecule has 0 unspecified atom stereocenters. The number of amides is 1. The standard InChI is InChI=1S/C21H23FN2O2/c22-17-7-5-15(6-8-17)19-18-4-2-1-3-14(18)9-10-24(19)20(25)16-11-21(26,12-16)13-23/h1-8,16,19,26H,9-13,23H2/t16-,19-,21+/m0/s1. The maximum Gasteiger partial charge on any atom is 0.226 e. The Morgan fingerprint density at radius 1 is 1.19 bits per heavy atom. The van der Waals surface area contributed by atoms with E-state index in [0.717, 1.165) is 17.5 Å². The molecule has 1 fully saturated rings. The lowest BCUT2D eigenvalue weighted by atomic mass is 9.70. The van der Waals surface area contributed by atoms with Crippen molar-refractivity contribution in [2.75, 3.05) is 13.1 Å². The molecular weight excluding hydrogens is 331 g/mol. The average molecular weight is 354 g/mol. The number of nitrogens with zero attached hydrogens (tertiary/aromatic N) is 1. The normalized spacial score (nSPS) is 27.6. The van der Waals surface area contributed by atoms with E-state index in [0.29, 0.717) is 19.4 Å². The van der Waals surface area contributed by atoms with E-state index >= 15 is 0 Å². The number of hydrogen-bond donors (Lipinski definition) is 2. The molecule has 1 heterocycles. The fourth-order valence-electron chi connectivity index (χ4n) is 4.24. The quantitative estimate of drug-likeness (QED) is 0.889. The summed E-state index contributed by atoms with van der Waals surface area (Å²) < 4.78 is 13.4. The van der Waals surface area contributed by atoms with Crippen molar-refractivity contribution in [3.05, 3.63) is 71.0 Å². The number of fused-ring (bicyclic) bond motifs is 1. The van der Waals surface area contributed by atoms with E-state index in [1.54, 1.807) is 12.1 Å². The Balaban J connectivity index is 1.67. The molecule has 4 rings (SSSR count). The second-order valence-corrected chi connectivity index (χ2v) is 7.47. The van der Waals surface area contributed by atoms with Gasteiger partial charge >= 0.3 is 0 Å². The van der Waals surface area contributed by atoms with Crippen molar-refractivity contribution in [3.63, 3.8) is 0 Å². The lowest BCUT2D eigenvalue weighted by Crippen LogP contribution is -2.56. The van der Waals surface area contributed by atoms with E-state index < -0.39 is 5.60 Å². The van der Waals surface area contributed by atoms with Crippen LogP contribution in [0.5, 0.6) is 0 Å². The van der Waals surface area contributed by atoms with Crippen LogP contribution in [0.2, 0.25) is 0 Å². The number of halogens is 1. The first-order valence-electron chi connectivity index (χ1n) is 9.07. The number of carbonyl (C=O) groups is 1. The summed E-state index contributed by atoms with van der Waals surface area (Å²) in [7, 11) is 0. The Morgan fingerprint density at radius 2 is 1.88 bits per heavy atom. The third-order valence-electron chi connectivity index (χ3n) is 5.73. The van der Waals surface area contributed by atoms with Crippen LogP contribution in [0.4, 0.5) is 4.39 Å². The largest absolute Gasteiger partial charge is 0.389 e. The third-order valence-corrected chi connectivity index (χ3v) is 5.73. The topological polar surface area (TPSA) is 66.6 Å². The minimum atomic E-state index is -0.903. The highest BCUT2D eigenvalue weighted by molar-refractivity contribution is 5.81. The summed E-state index contributed by atoms with van der Waals surface area (Å²) in [5, 5.41) is 10.2. The van der Waals surface area contributed by atoms with Gasteiger partial charge in [-0.25, -0.2) is 4.39 Å². The van der Waals surface area contributed by atoms with Crippen LogP contribution in [0.15, 0.2) is 48.5 Å². The summed E-state index contributed by atoms with van der Waals surface area (Å²) in [5.74, 6) is -0.438. The smallest absolute Gasteiger partial charge is 0.226 e. The monoisotopic (exact) mass is 354 g/mol. The second-order valence-electron chi connectivity index (χ2n) is 7.47. The SMILES string of the molecule is NC[C@]1(O)C[C@@H](C(=O)N2CCc3ccccc3[C@@H]2c2ccc(F)cc2)C1. The molecule has 0 aromatic heterocycles. The van der Waals surface area contributed by atoms with Gasteiger partial charge in [-0.3, -0.25) is 4.79 Å². The van der Waals surface area contributed by atoms with Crippen LogP contribution in [0.1, 0.15) is 35.6 Å². The van der Waals surface area contributed by atoms with Gasteiger partial charge in [0.05, 0.1) is 11.6 Å². The fourth-order valence-corrected chi connectivity index (χ4v) is 4.24. The highest BCUT2D eigenvalue weighted by Gasteiger charge is 2.48. The number of carbonyl (C=O) groups excluding carboxylic acids is 1. The molecule has 1 amide bonds. The van der Waals surface area contributed by atoms with Crippen LogP contribution in [0.3, 0.4) is 0 Å². The highest BCUT2D eigenvalue weighted by Crippen LogP contribution is 2.42. The number of nitrogens with two attached hydrogens (primary N) is 1. The maximum atomic E-state index is 13.4. The van der Waals surface area contributed by atoms with Crippen LogP contribution >= 0.6 is 0 Å². The summed E-state index contributed by atoms with van der Waals surface area (Å²) in [6.45, 7) is 0.802. The van der Waals surface area contributed by atoms with Crippen molar-refractivity contribution in [2.24, 2.45) is 11.7 Å². The zero-order valence-electron chi connectivity index (χ0n) is 14.6. The molecule has 0 spiro atoms. The van der Waals surface area contributed by atoms with Crippen molar-refractivity contribution in [3.8, 4) is 0 Å². The van der Waals surface area contributed by atoms with Gasteiger partial charge in [-0.2, -0.15) is 0 Å². The summed E-state index contributed by atoms with van der Waals surface area (Å²) in [5.41, 5.74) is 7.90. The van der Waals surface area contributed by atoms with Gasteiger partial charge in [0.25, 0.3) is 0 Å². The first-order valence-corrected chi connectivity index (χ1v) is 9.07. The van der Waals surface area contributed by atoms with Crippen molar-refractivity contribution in [1.29, 1.82) is 0 Å². The van der Waals surface area contributed by atoms with E-state index in [9.17, 15) is 14.3 Å². The van der Waals surface area contributed by atoms with Gasteiger partial charge in [-0.1, -0.05) is 36.4 Å². The molecule has 1 aliphatic heterocycles. The van der Waals surface area contributed by atoms with Crippen molar-refractivity contribution in [1.82, 2.24) is 4.90 Å². The van der Waals surface area contributed by atoms with Crippen LogP contribution < -0.4 is 5.73 Å². The lowest BCUT2D eigenvalue weighted by molar-refractivity contribution is -0.152. The third kappa shape index (κ3) is 2.91. The van der Waals surface area contributed by atoms with Gasteiger partial charge in [0.2, 0.25) is 5.91 Å². The fraction of sp³-hybridized carbons (Fsp3) is 0.381. The summed E-state index contributed by atoms with van der Waals surface area (Å²) in [4.78, 5) is 15.0. The molecule has 2 aliphatic rings. The van der Waals surface area contributed by atoms with Crippen molar-refractivity contribution >= 4 is 5.91 Å². The van der Waals surface area contributed by atoms with Gasteiger partial charge in [-0.05, 0) is 48.1 Å². The minimum Gasteiger partial charge on any atom is -0.389 e. The van der Waals surface area contributed by atoms with Crippen LogP contribution in [-0.4, -0.2) is 34.6 Å². The zero-order valence-corrected chi connectivity index (χ0v) is 14.6. The summed E-state index contributed by atoms with van der Waals surface area (Å²) >= 11 is 0. The van der Waals surface area contributed by atoms with E-state index in [1.807, 2.05) is 23.1 Å². The number of aliphatic hydroxyl groups is 1. The molecule has 0 saturated heterocycles. The lowest BCUT2D eigenvalue weighted by Gasteiger charge is -2.46. The van der Waals surface area contributed by atoms with E-state index in [2.05, 4.69) is 6.07 Å². The van der Waals surface area contributed by atoms with Gasteiger partial charge < -0.3 is 15.7 Å². The van der Waals surface area contributed by atoms with Crippen molar-refractivity contribution in [2.45, 2.75) is 30.9 Å². The Labute approximate surface area is 152 Å². The van der Waals surface area contributed by atoms with Crippen LogP contribution in [0, 0.1) is 11.7 Å². The second kappa shape index (κ2) is 6.49. The van der Waals surface area contributed by atoms with Gasteiger partial charge in [0.15, 0.2) is 0 Å². The minimum absolute atomic E-state index is 0.0481. The highest BCUT2D eigenvalue weighted by atomic mass is 19.1. The molecular formula is C21H23FN2O2. The molecule has 136 valence electrons. The summed E-state index contributed by atoms with van der Waals surface area (Å²) in [6, 6.07) is 14.3. The number of benzene rings is 2. The molecule has 2 aromatic carbocycles. The summed E-state index contributed by atoms with van der Waals surface area (Å²) in [6.07, 6.45) is 1.63. The van der Waals surface area contributed by atoms with Gasteiger partial charge in [0, 0.05) is 19.0 Å². The Kier molecular flexibility index (Phi) is 4.29. The predicted octanol–water partition coefficient (Wildman–Crippen LogP) is 2.40. The molecule has 1 aliphatic carbocycles. The molecule has 4 nitrogen and oxygen atoms in total. The van der Waals surface area contributed by atoms with Crippen LogP contribution in [-0.2, 0) is 11.2 Å². The molecule has 3 N–H and O–H groups in total. The first kappa shape index (κ1) is 17.2. The average Bonchev–Trinajstić information content (AvgIpc) is 2.65. The van der Waals surface area contributed by atoms with Crippen molar-refractivity contribution < 1.29 is 14.3 Å². The molecule has 0 radical (unpaired) electrons. The van der Waals surface area contributed by atoms with E-state index in [1.165, 1.54) is 17.7 Å². The van der Waals surface area contributed by atoms with E-state index in [-0.39, 0.29) is 30.2 Å².